The van der Waals surface area contributed by atoms with Gasteiger partial charge in [0.2, 0.25) is 5.91 Å². The van der Waals surface area contributed by atoms with E-state index in [2.05, 4.69) is 11.4 Å². The summed E-state index contributed by atoms with van der Waals surface area (Å²) in [6.45, 7) is 0. The number of nitrogens with one attached hydrogen (secondary N) is 1. The molecule has 1 aliphatic carbocycles. The predicted molar refractivity (Wildman–Crippen MR) is 97.8 cm³/mol. The highest BCUT2D eigenvalue weighted by atomic mass is 16.4. The van der Waals surface area contributed by atoms with Crippen LogP contribution in [0.2, 0.25) is 0 Å². The minimum absolute atomic E-state index is 0.0513. The number of aliphatic carboxylic acids is 1. The molecule has 0 heterocycles. The molecular formula is C21H23NO3. The van der Waals surface area contributed by atoms with E-state index in [4.69, 9.17) is 0 Å². The molecule has 0 saturated heterocycles. The van der Waals surface area contributed by atoms with Crippen molar-refractivity contribution in [2.24, 2.45) is 0 Å². The van der Waals surface area contributed by atoms with Crippen LogP contribution in [0, 0.1) is 0 Å². The predicted octanol–water partition coefficient (Wildman–Crippen LogP) is 4.15. The Kier molecular flexibility index (Phi) is 5.49. The van der Waals surface area contributed by atoms with Gasteiger partial charge in [-0.2, -0.15) is 0 Å². The van der Waals surface area contributed by atoms with Gasteiger partial charge in [-0.05, 0) is 48.4 Å². The topological polar surface area (TPSA) is 66.4 Å². The second kappa shape index (κ2) is 7.97. The maximum atomic E-state index is 12.6. The maximum Gasteiger partial charge on any atom is 0.303 e. The van der Waals surface area contributed by atoms with Crippen molar-refractivity contribution in [3.05, 3.63) is 65.2 Å². The van der Waals surface area contributed by atoms with E-state index >= 15 is 0 Å². The minimum Gasteiger partial charge on any atom is -0.481 e. The largest absolute Gasteiger partial charge is 0.481 e. The zero-order valence-electron chi connectivity index (χ0n) is 14.2. The highest BCUT2D eigenvalue weighted by Gasteiger charge is 2.20. The van der Waals surface area contributed by atoms with Crippen LogP contribution < -0.4 is 5.32 Å². The van der Waals surface area contributed by atoms with Crippen molar-refractivity contribution in [1.29, 1.82) is 0 Å². The van der Waals surface area contributed by atoms with Crippen molar-refractivity contribution >= 4 is 17.6 Å². The number of carbonyl (C=O) groups excluding carboxylic acids is 1. The summed E-state index contributed by atoms with van der Waals surface area (Å²) in [5, 5.41) is 12.2. The van der Waals surface area contributed by atoms with E-state index in [0.717, 1.165) is 30.5 Å². The van der Waals surface area contributed by atoms with E-state index in [0.29, 0.717) is 0 Å². The third-order valence-electron chi connectivity index (χ3n) is 4.79. The first-order valence-corrected chi connectivity index (χ1v) is 8.81. The van der Waals surface area contributed by atoms with Crippen LogP contribution in [-0.4, -0.2) is 17.0 Å². The zero-order valence-corrected chi connectivity index (χ0v) is 14.2. The van der Waals surface area contributed by atoms with Gasteiger partial charge in [-0.15, -0.1) is 0 Å². The smallest absolute Gasteiger partial charge is 0.303 e. The number of carbonyl (C=O) groups is 2. The summed E-state index contributed by atoms with van der Waals surface area (Å²) in [4.78, 5) is 23.7. The van der Waals surface area contributed by atoms with Gasteiger partial charge in [0, 0.05) is 18.0 Å². The van der Waals surface area contributed by atoms with E-state index in [1.54, 1.807) is 0 Å². The van der Waals surface area contributed by atoms with Gasteiger partial charge in [0.25, 0.3) is 0 Å². The summed E-state index contributed by atoms with van der Waals surface area (Å²) in [6, 6.07) is 15.4. The SMILES string of the molecule is O=C(O)C[C@H](CC(=O)Nc1cccc2c1CCCC2)c1ccccc1. The quantitative estimate of drug-likeness (QED) is 0.832. The summed E-state index contributed by atoms with van der Waals surface area (Å²) in [5.41, 5.74) is 4.31. The summed E-state index contributed by atoms with van der Waals surface area (Å²) < 4.78 is 0. The Morgan fingerprint density at radius 3 is 2.48 bits per heavy atom. The Hall–Kier alpha value is -2.62. The number of rotatable bonds is 6. The maximum absolute atomic E-state index is 12.6. The van der Waals surface area contributed by atoms with Gasteiger partial charge in [0.05, 0.1) is 6.42 Å². The van der Waals surface area contributed by atoms with Crippen LogP contribution in [0.3, 0.4) is 0 Å². The fourth-order valence-corrected chi connectivity index (χ4v) is 3.57. The molecule has 0 fully saturated rings. The second-order valence-corrected chi connectivity index (χ2v) is 6.61. The highest BCUT2D eigenvalue weighted by Crippen LogP contribution is 2.29. The first-order chi connectivity index (χ1) is 12.1. The van der Waals surface area contributed by atoms with E-state index in [1.807, 2.05) is 42.5 Å². The molecule has 0 aliphatic heterocycles. The molecule has 1 aliphatic rings. The van der Waals surface area contributed by atoms with Gasteiger partial charge < -0.3 is 10.4 Å². The molecule has 0 unspecified atom stereocenters. The third-order valence-corrected chi connectivity index (χ3v) is 4.79. The van der Waals surface area contributed by atoms with Gasteiger partial charge in [0.15, 0.2) is 0 Å². The number of anilines is 1. The number of fused-ring (bicyclic) bond motifs is 1. The number of amides is 1. The highest BCUT2D eigenvalue weighted by molar-refractivity contribution is 5.92. The van der Waals surface area contributed by atoms with Gasteiger partial charge >= 0.3 is 5.97 Å². The average Bonchev–Trinajstić information content (AvgIpc) is 2.62. The van der Waals surface area contributed by atoms with Crippen molar-refractivity contribution in [1.82, 2.24) is 0 Å². The van der Waals surface area contributed by atoms with E-state index < -0.39 is 5.97 Å². The number of hydrogen-bond donors (Lipinski definition) is 2. The Labute approximate surface area is 147 Å². The molecule has 1 amide bonds. The standard InChI is InChI=1S/C21H23NO3/c23-20(13-17(14-21(24)25)15-7-2-1-3-8-15)22-19-12-6-10-16-9-4-5-11-18(16)19/h1-3,6-8,10,12,17H,4-5,9,11,13-14H2,(H,22,23)(H,24,25)/t17-/m0/s1. The molecule has 0 aromatic heterocycles. The van der Waals surface area contributed by atoms with Crippen molar-refractivity contribution in [2.45, 2.75) is 44.4 Å². The summed E-state index contributed by atoms with van der Waals surface area (Å²) in [7, 11) is 0. The lowest BCUT2D eigenvalue weighted by Crippen LogP contribution is -2.19. The molecule has 25 heavy (non-hydrogen) atoms. The molecule has 1 atom stereocenters. The number of carboxylic acids is 1. The molecule has 0 bridgehead atoms. The second-order valence-electron chi connectivity index (χ2n) is 6.61. The molecule has 3 rings (SSSR count). The lowest BCUT2D eigenvalue weighted by atomic mass is 9.90. The zero-order chi connectivity index (χ0) is 17.6. The molecular weight excluding hydrogens is 314 g/mol. The van der Waals surface area contributed by atoms with Gasteiger partial charge in [-0.3, -0.25) is 9.59 Å². The molecule has 130 valence electrons. The summed E-state index contributed by atoms with van der Waals surface area (Å²) >= 11 is 0. The Balaban J connectivity index is 1.73. The molecule has 4 heteroatoms. The van der Waals surface area contributed by atoms with Crippen molar-refractivity contribution in [3.63, 3.8) is 0 Å². The van der Waals surface area contributed by atoms with Crippen LogP contribution >= 0.6 is 0 Å². The van der Waals surface area contributed by atoms with Crippen molar-refractivity contribution in [2.75, 3.05) is 5.32 Å². The van der Waals surface area contributed by atoms with Gasteiger partial charge in [0.1, 0.15) is 0 Å². The fraction of sp³-hybridized carbons (Fsp3) is 0.333. The van der Waals surface area contributed by atoms with E-state index in [-0.39, 0.29) is 24.7 Å². The Morgan fingerprint density at radius 2 is 1.72 bits per heavy atom. The van der Waals surface area contributed by atoms with Crippen LogP contribution in [0.1, 0.15) is 48.3 Å². The van der Waals surface area contributed by atoms with Gasteiger partial charge in [-0.1, -0.05) is 42.5 Å². The lowest BCUT2D eigenvalue weighted by Gasteiger charge is -2.20. The monoisotopic (exact) mass is 337 g/mol. The molecule has 2 aromatic rings. The number of benzene rings is 2. The van der Waals surface area contributed by atoms with Crippen molar-refractivity contribution < 1.29 is 14.7 Å². The normalized spacial score (nSPS) is 14.4. The van der Waals surface area contributed by atoms with Gasteiger partial charge in [-0.25, -0.2) is 0 Å². The minimum atomic E-state index is -0.890. The molecule has 2 N–H and O–H groups in total. The van der Waals surface area contributed by atoms with Crippen LogP contribution in [-0.2, 0) is 22.4 Å². The van der Waals surface area contributed by atoms with Crippen LogP contribution in [0.15, 0.2) is 48.5 Å². The summed E-state index contributed by atoms with van der Waals surface area (Å²) in [6.07, 6.45) is 4.50. The Bertz CT molecular complexity index is 755. The first-order valence-electron chi connectivity index (χ1n) is 8.81. The molecule has 0 radical (unpaired) electrons. The molecule has 4 nitrogen and oxygen atoms in total. The van der Waals surface area contributed by atoms with Crippen LogP contribution in [0.5, 0.6) is 0 Å². The summed E-state index contributed by atoms with van der Waals surface area (Å²) in [5.74, 6) is -1.34. The molecule has 2 aromatic carbocycles. The lowest BCUT2D eigenvalue weighted by molar-refractivity contribution is -0.137. The number of hydrogen-bond acceptors (Lipinski definition) is 2. The first kappa shape index (κ1) is 17.2. The number of aryl methyl sites for hydroxylation is 1. The molecule has 0 saturated carbocycles. The van der Waals surface area contributed by atoms with Crippen LogP contribution in [0.4, 0.5) is 5.69 Å². The average molecular weight is 337 g/mol. The molecule has 0 spiro atoms. The number of carboxylic acid groups (broad SMARTS) is 1. The van der Waals surface area contributed by atoms with Crippen molar-refractivity contribution in [3.8, 4) is 0 Å². The Morgan fingerprint density at radius 1 is 0.960 bits per heavy atom. The van der Waals surface area contributed by atoms with Crippen LogP contribution in [0.25, 0.3) is 0 Å². The fourth-order valence-electron chi connectivity index (χ4n) is 3.57. The van der Waals surface area contributed by atoms with E-state index in [9.17, 15) is 14.7 Å². The van der Waals surface area contributed by atoms with E-state index in [1.165, 1.54) is 17.5 Å². The third kappa shape index (κ3) is 4.47.